The molecule has 0 spiro atoms. The van der Waals surface area contributed by atoms with Gasteiger partial charge in [-0.1, -0.05) is 30.3 Å². The van der Waals surface area contributed by atoms with Gasteiger partial charge < -0.3 is 20.6 Å². The summed E-state index contributed by atoms with van der Waals surface area (Å²) >= 11 is 0. The summed E-state index contributed by atoms with van der Waals surface area (Å²) in [5.74, 6) is -0.492. The molecule has 24 heavy (non-hydrogen) atoms. The van der Waals surface area contributed by atoms with E-state index in [2.05, 4.69) is 10.6 Å². The lowest BCUT2D eigenvalue weighted by Crippen LogP contribution is -2.37. The largest absolute Gasteiger partial charge is 0.386 e. The molecule has 2 rings (SSSR count). The lowest BCUT2D eigenvalue weighted by atomic mass is 10.1. The number of aliphatic hydroxyl groups is 1. The number of nitrogens with zero attached hydrogens (tertiary/aromatic N) is 1. The first-order chi connectivity index (χ1) is 11.5. The standard InChI is InChI=1S/C18H22FN3O2/c1-22(2)14-9-7-13(8-10-14)11-20-18(24)21-12-17(23)15-5-3-4-6-16(15)19/h3-10,17,23H,11-12H2,1-2H3,(H2,20,21,24). The minimum Gasteiger partial charge on any atom is -0.386 e. The molecule has 2 amide bonds. The van der Waals surface area contributed by atoms with Gasteiger partial charge in [0, 0.05) is 38.4 Å². The molecule has 0 fully saturated rings. The van der Waals surface area contributed by atoms with Crippen LogP contribution >= 0.6 is 0 Å². The lowest BCUT2D eigenvalue weighted by molar-refractivity contribution is 0.169. The monoisotopic (exact) mass is 331 g/mol. The summed E-state index contributed by atoms with van der Waals surface area (Å²) in [5, 5.41) is 15.2. The smallest absolute Gasteiger partial charge is 0.315 e. The van der Waals surface area contributed by atoms with E-state index in [0.29, 0.717) is 6.54 Å². The quantitative estimate of drug-likeness (QED) is 0.762. The van der Waals surface area contributed by atoms with Crippen LogP contribution in [0.25, 0.3) is 0 Å². The molecule has 0 radical (unpaired) electrons. The first-order valence-corrected chi connectivity index (χ1v) is 7.68. The maximum Gasteiger partial charge on any atom is 0.315 e. The number of urea groups is 1. The summed E-state index contributed by atoms with van der Waals surface area (Å²) in [6, 6.07) is 13.3. The summed E-state index contributed by atoms with van der Waals surface area (Å²) < 4.78 is 13.5. The summed E-state index contributed by atoms with van der Waals surface area (Å²) in [6.07, 6.45) is -1.09. The highest BCUT2D eigenvalue weighted by Crippen LogP contribution is 2.15. The zero-order chi connectivity index (χ0) is 17.5. The summed E-state index contributed by atoms with van der Waals surface area (Å²) in [5.41, 5.74) is 2.21. The molecule has 1 atom stereocenters. The van der Waals surface area contributed by atoms with Crippen LogP contribution in [-0.4, -0.2) is 31.8 Å². The van der Waals surface area contributed by atoms with Crippen molar-refractivity contribution in [3.8, 4) is 0 Å². The van der Waals surface area contributed by atoms with Crippen molar-refractivity contribution in [1.29, 1.82) is 0 Å². The Bertz CT molecular complexity index is 674. The van der Waals surface area contributed by atoms with E-state index in [9.17, 15) is 14.3 Å². The average Bonchev–Trinajstić information content (AvgIpc) is 2.58. The second-order valence-electron chi connectivity index (χ2n) is 5.66. The lowest BCUT2D eigenvalue weighted by Gasteiger charge is -2.14. The van der Waals surface area contributed by atoms with Crippen LogP contribution < -0.4 is 15.5 Å². The van der Waals surface area contributed by atoms with Gasteiger partial charge in [0.25, 0.3) is 0 Å². The number of aliphatic hydroxyl groups excluding tert-OH is 1. The number of rotatable bonds is 6. The van der Waals surface area contributed by atoms with Crippen molar-refractivity contribution in [2.24, 2.45) is 0 Å². The number of nitrogens with one attached hydrogen (secondary N) is 2. The SMILES string of the molecule is CN(C)c1ccc(CNC(=O)NCC(O)c2ccccc2F)cc1. The number of amides is 2. The van der Waals surface area contributed by atoms with Crippen molar-refractivity contribution in [2.45, 2.75) is 12.6 Å². The summed E-state index contributed by atoms with van der Waals surface area (Å²) in [6.45, 7) is 0.307. The Labute approximate surface area is 141 Å². The predicted octanol–water partition coefficient (Wildman–Crippen LogP) is 2.42. The van der Waals surface area contributed by atoms with Gasteiger partial charge in [-0.05, 0) is 23.8 Å². The van der Waals surface area contributed by atoms with E-state index in [1.807, 2.05) is 43.3 Å². The predicted molar refractivity (Wildman–Crippen MR) is 92.4 cm³/mol. The molecule has 2 aromatic rings. The Morgan fingerprint density at radius 1 is 1.12 bits per heavy atom. The van der Waals surface area contributed by atoms with Gasteiger partial charge in [0.1, 0.15) is 5.82 Å². The molecule has 6 heteroatoms. The van der Waals surface area contributed by atoms with Gasteiger partial charge in [0.15, 0.2) is 0 Å². The fraction of sp³-hybridized carbons (Fsp3) is 0.278. The first-order valence-electron chi connectivity index (χ1n) is 7.68. The Balaban J connectivity index is 1.78. The van der Waals surface area contributed by atoms with Crippen molar-refractivity contribution in [3.63, 3.8) is 0 Å². The van der Waals surface area contributed by atoms with Gasteiger partial charge in [0.2, 0.25) is 0 Å². The second-order valence-corrected chi connectivity index (χ2v) is 5.66. The molecule has 0 aliphatic heterocycles. The Kier molecular flexibility index (Phi) is 6.14. The molecule has 1 unspecified atom stereocenters. The van der Waals surface area contributed by atoms with E-state index >= 15 is 0 Å². The molecule has 0 aliphatic carbocycles. The highest BCUT2D eigenvalue weighted by Gasteiger charge is 2.13. The van der Waals surface area contributed by atoms with Crippen molar-refractivity contribution in [2.75, 3.05) is 25.5 Å². The van der Waals surface area contributed by atoms with Gasteiger partial charge in [-0.2, -0.15) is 0 Å². The molecule has 0 aliphatic rings. The third kappa shape index (κ3) is 4.96. The number of carbonyl (C=O) groups is 1. The molecular formula is C18H22FN3O2. The third-order valence-electron chi connectivity index (χ3n) is 3.63. The molecule has 0 saturated carbocycles. The number of hydrogen-bond acceptors (Lipinski definition) is 3. The highest BCUT2D eigenvalue weighted by molar-refractivity contribution is 5.73. The maximum absolute atomic E-state index is 13.5. The molecule has 128 valence electrons. The van der Waals surface area contributed by atoms with Crippen LogP contribution in [0.5, 0.6) is 0 Å². The molecule has 0 bridgehead atoms. The van der Waals surface area contributed by atoms with Gasteiger partial charge >= 0.3 is 6.03 Å². The van der Waals surface area contributed by atoms with Crippen LogP contribution in [0.2, 0.25) is 0 Å². The van der Waals surface area contributed by atoms with Crippen LogP contribution in [-0.2, 0) is 6.54 Å². The van der Waals surface area contributed by atoms with E-state index in [1.54, 1.807) is 12.1 Å². The van der Waals surface area contributed by atoms with E-state index in [1.165, 1.54) is 12.1 Å². The minimum atomic E-state index is -1.09. The van der Waals surface area contributed by atoms with Gasteiger partial charge in [-0.15, -0.1) is 0 Å². The molecule has 5 nitrogen and oxygen atoms in total. The molecular weight excluding hydrogens is 309 g/mol. The van der Waals surface area contributed by atoms with Gasteiger partial charge in [0.05, 0.1) is 6.10 Å². The van der Waals surface area contributed by atoms with Gasteiger partial charge in [-0.3, -0.25) is 0 Å². The summed E-state index contributed by atoms with van der Waals surface area (Å²) in [7, 11) is 3.92. The van der Waals surface area contributed by atoms with Crippen LogP contribution in [0.4, 0.5) is 14.9 Å². The van der Waals surface area contributed by atoms with Crippen molar-refractivity contribution in [1.82, 2.24) is 10.6 Å². The Morgan fingerprint density at radius 3 is 2.42 bits per heavy atom. The number of carbonyl (C=O) groups excluding carboxylic acids is 1. The van der Waals surface area contributed by atoms with E-state index in [-0.39, 0.29) is 12.1 Å². The molecule has 3 N–H and O–H groups in total. The number of halogens is 1. The van der Waals surface area contributed by atoms with Gasteiger partial charge in [-0.25, -0.2) is 9.18 Å². The fourth-order valence-electron chi connectivity index (χ4n) is 2.20. The number of benzene rings is 2. The molecule has 2 aromatic carbocycles. The first kappa shape index (κ1) is 17.7. The minimum absolute atomic E-state index is 0.0632. The molecule has 0 saturated heterocycles. The maximum atomic E-state index is 13.5. The Hall–Kier alpha value is -2.60. The summed E-state index contributed by atoms with van der Waals surface area (Å²) in [4.78, 5) is 13.8. The van der Waals surface area contributed by atoms with Crippen molar-refractivity contribution >= 4 is 11.7 Å². The zero-order valence-electron chi connectivity index (χ0n) is 13.8. The van der Waals surface area contributed by atoms with Crippen LogP contribution in [0, 0.1) is 5.82 Å². The van der Waals surface area contributed by atoms with Crippen LogP contribution in [0.15, 0.2) is 48.5 Å². The van der Waals surface area contributed by atoms with E-state index in [0.717, 1.165) is 11.3 Å². The average molecular weight is 331 g/mol. The Morgan fingerprint density at radius 2 is 1.79 bits per heavy atom. The zero-order valence-corrected chi connectivity index (χ0v) is 13.8. The van der Waals surface area contributed by atoms with Crippen molar-refractivity contribution < 1.29 is 14.3 Å². The number of hydrogen-bond donors (Lipinski definition) is 3. The molecule has 0 aromatic heterocycles. The second kappa shape index (κ2) is 8.31. The van der Waals surface area contributed by atoms with E-state index < -0.39 is 18.0 Å². The number of anilines is 1. The highest BCUT2D eigenvalue weighted by atomic mass is 19.1. The fourth-order valence-corrected chi connectivity index (χ4v) is 2.20. The van der Waals surface area contributed by atoms with Crippen molar-refractivity contribution in [3.05, 3.63) is 65.5 Å². The topological polar surface area (TPSA) is 64.6 Å². The normalized spacial score (nSPS) is 11.7. The van der Waals surface area contributed by atoms with E-state index in [4.69, 9.17) is 0 Å². The van der Waals surface area contributed by atoms with Crippen LogP contribution in [0.1, 0.15) is 17.2 Å². The molecule has 0 heterocycles. The third-order valence-corrected chi connectivity index (χ3v) is 3.63. The van der Waals surface area contributed by atoms with Crippen LogP contribution in [0.3, 0.4) is 0 Å².